The summed E-state index contributed by atoms with van der Waals surface area (Å²) >= 11 is 0. The molecule has 0 bridgehead atoms. The van der Waals surface area contributed by atoms with Crippen molar-refractivity contribution in [3.63, 3.8) is 0 Å². The maximum absolute atomic E-state index is 6.86. The highest BCUT2D eigenvalue weighted by Crippen LogP contribution is 2.48. The van der Waals surface area contributed by atoms with Crippen LogP contribution in [-0.4, -0.2) is 24.5 Å². The quantitative estimate of drug-likeness (QED) is 0.178. The van der Waals surface area contributed by atoms with E-state index in [9.17, 15) is 0 Å². The number of oxazole rings is 1. The minimum absolute atomic E-state index is 0.167. The summed E-state index contributed by atoms with van der Waals surface area (Å²) in [5, 5.41) is 8.99. The van der Waals surface area contributed by atoms with E-state index in [-0.39, 0.29) is 5.92 Å². The van der Waals surface area contributed by atoms with Crippen molar-refractivity contribution in [2.24, 2.45) is 0 Å². The maximum atomic E-state index is 6.86. The second-order valence-electron chi connectivity index (χ2n) is 16.1. The molecule has 0 saturated heterocycles. The van der Waals surface area contributed by atoms with E-state index in [0.717, 1.165) is 89.4 Å². The lowest BCUT2D eigenvalue weighted by Crippen LogP contribution is -2.10. The molecule has 1 atom stereocenters. The van der Waals surface area contributed by atoms with Crippen LogP contribution in [0.3, 0.4) is 0 Å². The van der Waals surface area contributed by atoms with Gasteiger partial charge in [0, 0.05) is 27.3 Å². The molecule has 286 valence electrons. The van der Waals surface area contributed by atoms with E-state index in [4.69, 9.17) is 24.4 Å². The van der Waals surface area contributed by atoms with Crippen LogP contribution in [0.25, 0.3) is 105 Å². The number of aromatic nitrogens is 5. The number of nitrogens with zero attached hydrogens (tertiary/aromatic N) is 5. The van der Waals surface area contributed by atoms with Gasteiger partial charge in [-0.25, -0.2) is 9.97 Å². The molecule has 0 fully saturated rings. The zero-order chi connectivity index (χ0) is 40.0. The van der Waals surface area contributed by atoms with Gasteiger partial charge in [0.05, 0.1) is 17.0 Å². The molecule has 0 saturated carbocycles. The van der Waals surface area contributed by atoms with Gasteiger partial charge < -0.3 is 4.42 Å². The molecule has 1 aliphatic rings. The van der Waals surface area contributed by atoms with E-state index < -0.39 is 0 Å². The lowest BCUT2D eigenvalue weighted by Gasteiger charge is -2.19. The Hall–Kier alpha value is -7.96. The lowest BCUT2D eigenvalue weighted by molar-refractivity contribution is 0.488. The first kappa shape index (κ1) is 34.0. The van der Waals surface area contributed by atoms with Crippen molar-refractivity contribution in [1.29, 1.82) is 0 Å². The van der Waals surface area contributed by atoms with Gasteiger partial charge in [0.2, 0.25) is 11.8 Å². The van der Waals surface area contributed by atoms with Crippen molar-refractivity contribution in [2.45, 2.75) is 18.8 Å². The fraction of sp³-hybridized carbons (Fsp3) is 0.0545. The van der Waals surface area contributed by atoms with Crippen LogP contribution in [0.4, 0.5) is 0 Å². The highest BCUT2D eigenvalue weighted by Gasteiger charge is 2.32. The Balaban J connectivity index is 1.14. The van der Waals surface area contributed by atoms with Gasteiger partial charge in [-0.1, -0.05) is 164 Å². The molecular weight excluding hydrogens is 747 g/mol. The molecule has 0 radical (unpaired) electrons. The van der Waals surface area contributed by atoms with Gasteiger partial charge in [-0.05, 0) is 80.2 Å². The molecule has 3 aromatic heterocycles. The van der Waals surface area contributed by atoms with Crippen molar-refractivity contribution < 1.29 is 4.42 Å². The Kier molecular flexibility index (Phi) is 7.39. The highest BCUT2D eigenvalue weighted by atomic mass is 16.3. The summed E-state index contributed by atoms with van der Waals surface area (Å²) in [4.78, 5) is 21.6. The number of hydrogen-bond donors (Lipinski definition) is 0. The molecule has 13 rings (SSSR count). The molecule has 0 aliphatic heterocycles. The van der Waals surface area contributed by atoms with Gasteiger partial charge in [0.1, 0.15) is 5.52 Å². The number of fused-ring (bicyclic) bond motifs is 12. The third-order valence-corrected chi connectivity index (χ3v) is 12.7. The van der Waals surface area contributed by atoms with Crippen LogP contribution in [0.5, 0.6) is 0 Å². The lowest BCUT2D eigenvalue weighted by atomic mass is 9.88. The fourth-order valence-electron chi connectivity index (χ4n) is 9.86. The average Bonchev–Trinajstić information content (AvgIpc) is 3.86. The first-order chi connectivity index (χ1) is 30.2. The summed E-state index contributed by atoms with van der Waals surface area (Å²) in [7, 11) is 0. The van der Waals surface area contributed by atoms with Gasteiger partial charge in [-0.3, -0.25) is 4.57 Å². The van der Waals surface area contributed by atoms with Crippen molar-refractivity contribution in [3.8, 4) is 39.9 Å². The maximum Gasteiger partial charge on any atom is 0.238 e. The van der Waals surface area contributed by atoms with Crippen molar-refractivity contribution >= 4 is 65.2 Å². The Morgan fingerprint density at radius 1 is 0.475 bits per heavy atom. The molecule has 3 heterocycles. The van der Waals surface area contributed by atoms with Crippen LogP contribution >= 0.6 is 0 Å². The van der Waals surface area contributed by atoms with Crippen LogP contribution in [0.15, 0.2) is 186 Å². The van der Waals surface area contributed by atoms with E-state index in [1.807, 2.05) is 0 Å². The fourth-order valence-corrected chi connectivity index (χ4v) is 9.86. The largest absolute Gasteiger partial charge is 0.440 e. The summed E-state index contributed by atoms with van der Waals surface area (Å²) in [6.07, 6.45) is 1.69. The summed E-state index contributed by atoms with van der Waals surface area (Å²) in [6, 6.07) is 64.3. The van der Waals surface area contributed by atoms with E-state index in [1.54, 1.807) is 0 Å². The Morgan fingerprint density at radius 3 is 2.07 bits per heavy atom. The molecule has 1 aliphatic carbocycles. The van der Waals surface area contributed by atoms with Crippen LogP contribution in [0, 0.1) is 0 Å². The van der Waals surface area contributed by atoms with Gasteiger partial charge in [-0.2, -0.15) is 9.97 Å². The van der Waals surface area contributed by atoms with Crippen molar-refractivity contribution in [1.82, 2.24) is 24.5 Å². The normalized spacial score (nSPS) is 13.9. The summed E-state index contributed by atoms with van der Waals surface area (Å²) in [5.41, 5.74) is 10.5. The first-order valence-electron chi connectivity index (χ1n) is 20.9. The number of rotatable bonds is 4. The first-order valence-corrected chi connectivity index (χ1v) is 20.9. The minimum Gasteiger partial charge on any atom is -0.440 e. The van der Waals surface area contributed by atoms with Crippen molar-refractivity contribution in [3.05, 3.63) is 199 Å². The zero-order valence-corrected chi connectivity index (χ0v) is 33.0. The van der Waals surface area contributed by atoms with Crippen LogP contribution in [-0.2, 0) is 6.42 Å². The van der Waals surface area contributed by atoms with Gasteiger partial charge in [0.25, 0.3) is 0 Å². The second-order valence-corrected chi connectivity index (χ2v) is 16.1. The smallest absolute Gasteiger partial charge is 0.238 e. The van der Waals surface area contributed by atoms with Crippen LogP contribution < -0.4 is 0 Å². The van der Waals surface area contributed by atoms with Gasteiger partial charge >= 0.3 is 0 Å². The number of benzene rings is 9. The molecule has 0 N–H and O–H groups in total. The Bertz CT molecular complexity index is 3740. The molecule has 0 spiro atoms. The average molecular weight is 782 g/mol. The minimum atomic E-state index is -0.167. The van der Waals surface area contributed by atoms with Crippen molar-refractivity contribution in [2.75, 3.05) is 0 Å². The SMILES string of the molecule is c1ccc2c(c1)CCC(c1nc3c(ccc4ccccc43)o1)c1c-2ccc2c3ccccc3n(-c3nc(-c4ccc5ccccc5c4)nc(-c4cccc5ccccc45)n3)c12. The molecule has 9 aromatic carbocycles. The van der Waals surface area contributed by atoms with Crippen LogP contribution in [0.1, 0.15) is 29.4 Å². The molecule has 1 unspecified atom stereocenters. The van der Waals surface area contributed by atoms with E-state index in [2.05, 4.69) is 187 Å². The second kappa shape index (κ2) is 13.3. The third kappa shape index (κ3) is 5.28. The monoisotopic (exact) mass is 781 g/mol. The van der Waals surface area contributed by atoms with Gasteiger partial charge in [-0.15, -0.1) is 0 Å². The molecule has 12 aromatic rings. The van der Waals surface area contributed by atoms with E-state index in [0.29, 0.717) is 23.5 Å². The van der Waals surface area contributed by atoms with E-state index >= 15 is 0 Å². The third-order valence-electron chi connectivity index (χ3n) is 12.7. The molecule has 61 heavy (non-hydrogen) atoms. The predicted octanol–water partition coefficient (Wildman–Crippen LogP) is 13.6. The van der Waals surface area contributed by atoms with E-state index in [1.165, 1.54) is 22.1 Å². The van der Waals surface area contributed by atoms with Gasteiger partial charge in [0.15, 0.2) is 17.2 Å². The summed E-state index contributed by atoms with van der Waals surface area (Å²) < 4.78 is 9.14. The topological polar surface area (TPSA) is 69.6 Å². The number of aryl methyl sites for hydroxylation is 1. The summed E-state index contributed by atoms with van der Waals surface area (Å²) in [6.45, 7) is 0. The predicted molar refractivity (Wildman–Crippen MR) is 247 cm³/mol. The molecule has 6 nitrogen and oxygen atoms in total. The Morgan fingerprint density at radius 2 is 1.16 bits per heavy atom. The standard InChI is InChI=1S/C55H35N5O/c1-2-16-37-32-38(25-24-33(37)12-1)52-57-53(45-22-11-17-34-13-3-7-19-40(34)45)59-55(58-52)60-47-23-10-9-21-42(47)44-30-29-43-39-18-6-4-14-35(39)26-28-46(49(43)51(44)60)54-56-50-41-20-8-5-15-36(41)27-31-48(50)61-54/h1-25,27,29-32,46H,26,28H2. The van der Waals surface area contributed by atoms with Crippen LogP contribution in [0.2, 0.25) is 0 Å². The highest BCUT2D eigenvalue weighted by molar-refractivity contribution is 6.12. The molecule has 6 heteroatoms. The number of para-hydroxylation sites is 1. The molecular formula is C55H35N5O. The number of hydrogen-bond acceptors (Lipinski definition) is 5. The Labute approximate surface area is 350 Å². The molecule has 0 amide bonds. The zero-order valence-electron chi connectivity index (χ0n) is 33.0. The summed E-state index contributed by atoms with van der Waals surface area (Å²) in [5.74, 6) is 2.33.